The van der Waals surface area contributed by atoms with E-state index in [0.717, 1.165) is 19.0 Å². The van der Waals surface area contributed by atoms with Gasteiger partial charge in [-0.05, 0) is 46.0 Å². The van der Waals surface area contributed by atoms with E-state index in [0.29, 0.717) is 12.3 Å². The van der Waals surface area contributed by atoms with Crippen molar-refractivity contribution in [2.24, 2.45) is 5.92 Å². The second kappa shape index (κ2) is 5.60. The SMILES string of the molecule is CC1CC2CC(Cn3cc(C(F)(F)F)nn3)(C1)N2C(=O)OC(C)(C)C. The lowest BCUT2D eigenvalue weighted by Crippen LogP contribution is -2.73. The fourth-order valence-corrected chi connectivity index (χ4v) is 4.14. The van der Waals surface area contributed by atoms with E-state index in [1.54, 1.807) is 25.7 Å². The number of rotatable bonds is 2. The Balaban J connectivity index is 1.81. The van der Waals surface area contributed by atoms with Crippen LogP contribution < -0.4 is 0 Å². The van der Waals surface area contributed by atoms with Crippen LogP contribution in [0.15, 0.2) is 6.20 Å². The summed E-state index contributed by atoms with van der Waals surface area (Å²) >= 11 is 0. The molecule has 2 aliphatic heterocycles. The molecule has 3 fully saturated rings. The van der Waals surface area contributed by atoms with Gasteiger partial charge in [0, 0.05) is 6.04 Å². The van der Waals surface area contributed by atoms with Crippen molar-refractivity contribution in [2.45, 2.75) is 76.9 Å². The molecule has 0 aromatic carbocycles. The minimum Gasteiger partial charge on any atom is -0.444 e. The predicted molar refractivity (Wildman–Crippen MR) is 82.6 cm³/mol. The zero-order valence-corrected chi connectivity index (χ0v) is 14.8. The molecule has 3 aliphatic rings. The van der Waals surface area contributed by atoms with Gasteiger partial charge < -0.3 is 4.74 Å². The summed E-state index contributed by atoms with van der Waals surface area (Å²) in [5.74, 6) is 0.392. The average Bonchev–Trinajstić information content (AvgIpc) is 2.83. The van der Waals surface area contributed by atoms with Gasteiger partial charge in [-0.3, -0.25) is 4.90 Å². The van der Waals surface area contributed by atoms with Crippen LogP contribution in [0.5, 0.6) is 0 Å². The third-order valence-electron chi connectivity index (χ3n) is 4.77. The first-order chi connectivity index (χ1) is 11.4. The lowest BCUT2D eigenvalue weighted by atomic mass is 9.64. The molecule has 1 amide bonds. The normalized spacial score (nSPS) is 29.3. The summed E-state index contributed by atoms with van der Waals surface area (Å²) in [6.45, 7) is 7.67. The number of amides is 1. The summed E-state index contributed by atoms with van der Waals surface area (Å²) in [7, 11) is 0. The van der Waals surface area contributed by atoms with Crippen molar-refractivity contribution < 1.29 is 22.7 Å². The summed E-state index contributed by atoms with van der Waals surface area (Å²) in [6, 6.07) is 0.0733. The zero-order chi connectivity index (χ0) is 18.6. The van der Waals surface area contributed by atoms with Crippen LogP contribution in [0.2, 0.25) is 0 Å². The maximum atomic E-state index is 12.7. The summed E-state index contributed by atoms with van der Waals surface area (Å²) in [4.78, 5) is 14.3. The van der Waals surface area contributed by atoms with Crippen molar-refractivity contribution in [3.63, 3.8) is 0 Å². The van der Waals surface area contributed by atoms with Crippen molar-refractivity contribution in [3.05, 3.63) is 11.9 Å². The number of piperidine rings is 1. The lowest BCUT2D eigenvalue weighted by molar-refractivity contribution is -0.141. The van der Waals surface area contributed by atoms with E-state index in [4.69, 9.17) is 4.74 Å². The number of carbonyl (C=O) groups excluding carboxylic acids is 1. The van der Waals surface area contributed by atoms with Crippen LogP contribution >= 0.6 is 0 Å². The molecule has 25 heavy (non-hydrogen) atoms. The van der Waals surface area contributed by atoms with Gasteiger partial charge in [0.05, 0.1) is 18.3 Å². The maximum Gasteiger partial charge on any atom is 0.436 e. The van der Waals surface area contributed by atoms with Crippen molar-refractivity contribution in [1.29, 1.82) is 0 Å². The highest BCUT2D eigenvalue weighted by Crippen LogP contribution is 2.51. The molecule has 3 heterocycles. The molecule has 0 spiro atoms. The third-order valence-corrected chi connectivity index (χ3v) is 4.77. The number of aromatic nitrogens is 3. The first kappa shape index (κ1) is 18.0. The summed E-state index contributed by atoms with van der Waals surface area (Å²) in [5.41, 5.74) is -2.20. The first-order valence-electron chi connectivity index (χ1n) is 8.39. The number of hydrogen-bond acceptors (Lipinski definition) is 4. The van der Waals surface area contributed by atoms with E-state index in [9.17, 15) is 18.0 Å². The first-order valence-corrected chi connectivity index (χ1v) is 8.39. The molecule has 2 bridgehead atoms. The molecule has 4 rings (SSSR count). The smallest absolute Gasteiger partial charge is 0.436 e. The fraction of sp³-hybridized carbons (Fsp3) is 0.812. The fourth-order valence-electron chi connectivity index (χ4n) is 4.14. The molecule has 1 aromatic rings. The Labute approximate surface area is 144 Å². The van der Waals surface area contributed by atoms with E-state index in [2.05, 4.69) is 17.2 Å². The number of alkyl halides is 3. The second-order valence-electron chi connectivity index (χ2n) is 8.28. The van der Waals surface area contributed by atoms with Gasteiger partial charge in [-0.1, -0.05) is 12.1 Å². The molecule has 1 aromatic heterocycles. The molecule has 9 heteroatoms. The minimum atomic E-state index is -4.53. The standard InChI is InChI=1S/C16H23F3N4O2/c1-10-5-11-7-15(6-10,23(11)13(24)25-14(2,3)4)9-22-8-12(20-21-22)16(17,18)19/h8,10-11H,5-7,9H2,1-4H3. The zero-order valence-electron chi connectivity index (χ0n) is 14.8. The summed E-state index contributed by atoms with van der Waals surface area (Å²) < 4.78 is 44.9. The average molecular weight is 360 g/mol. The third kappa shape index (κ3) is 3.46. The molecule has 0 radical (unpaired) electrons. The molecule has 0 N–H and O–H groups in total. The van der Waals surface area contributed by atoms with Crippen LogP contribution in [-0.4, -0.2) is 43.2 Å². The molecule has 6 nitrogen and oxygen atoms in total. The number of nitrogens with zero attached hydrogens (tertiary/aromatic N) is 4. The van der Waals surface area contributed by atoms with Gasteiger partial charge >= 0.3 is 12.3 Å². The van der Waals surface area contributed by atoms with Crippen LogP contribution in [-0.2, 0) is 17.5 Å². The summed E-state index contributed by atoms with van der Waals surface area (Å²) in [6.07, 6.45) is -1.70. The van der Waals surface area contributed by atoms with Crippen LogP contribution in [0.1, 0.15) is 52.7 Å². The highest BCUT2D eigenvalue weighted by molar-refractivity contribution is 5.71. The molecule has 3 atom stereocenters. The van der Waals surface area contributed by atoms with Gasteiger partial charge in [0.1, 0.15) is 5.60 Å². The molecule has 2 saturated heterocycles. The second-order valence-corrected chi connectivity index (χ2v) is 8.28. The predicted octanol–water partition coefficient (Wildman–Crippen LogP) is 3.48. The molecule has 3 unspecified atom stereocenters. The molecule has 1 aliphatic carbocycles. The number of halogens is 3. The van der Waals surface area contributed by atoms with Gasteiger partial charge in [0.25, 0.3) is 0 Å². The molecule has 1 saturated carbocycles. The largest absolute Gasteiger partial charge is 0.444 e. The molecule has 140 valence electrons. The van der Waals surface area contributed by atoms with E-state index < -0.39 is 29.1 Å². The lowest BCUT2D eigenvalue weighted by Gasteiger charge is -2.63. The van der Waals surface area contributed by atoms with Crippen LogP contribution in [0.25, 0.3) is 0 Å². The Morgan fingerprint density at radius 2 is 2.04 bits per heavy atom. The van der Waals surface area contributed by atoms with E-state index >= 15 is 0 Å². The van der Waals surface area contributed by atoms with Crippen molar-refractivity contribution in [2.75, 3.05) is 0 Å². The highest BCUT2D eigenvalue weighted by atomic mass is 19.4. The Hall–Kier alpha value is -1.80. The monoisotopic (exact) mass is 360 g/mol. The van der Waals surface area contributed by atoms with Gasteiger partial charge in [0.2, 0.25) is 0 Å². The van der Waals surface area contributed by atoms with Gasteiger partial charge in [0.15, 0.2) is 5.69 Å². The van der Waals surface area contributed by atoms with Crippen LogP contribution in [0.4, 0.5) is 18.0 Å². The Morgan fingerprint density at radius 1 is 1.36 bits per heavy atom. The van der Waals surface area contributed by atoms with Crippen molar-refractivity contribution in [3.8, 4) is 0 Å². The van der Waals surface area contributed by atoms with Crippen molar-refractivity contribution in [1.82, 2.24) is 19.9 Å². The Bertz CT molecular complexity index is 667. The number of carbonyl (C=O) groups is 1. The summed E-state index contributed by atoms with van der Waals surface area (Å²) in [5, 5.41) is 6.81. The van der Waals surface area contributed by atoms with Crippen molar-refractivity contribution >= 4 is 6.09 Å². The molecular weight excluding hydrogens is 337 g/mol. The molecular formula is C16H23F3N4O2. The van der Waals surface area contributed by atoms with Crippen LogP contribution in [0, 0.1) is 5.92 Å². The minimum absolute atomic E-state index is 0.0733. The van der Waals surface area contributed by atoms with Gasteiger partial charge in [-0.25, -0.2) is 9.48 Å². The van der Waals surface area contributed by atoms with E-state index in [-0.39, 0.29) is 12.6 Å². The number of fused-ring (bicyclic) bond motifs is 2. The van der Waals surface area contributed by atoms with Gasteiger partial charge in [-0.15, -0.1) is 5.10 Å². The van der Waals surface area contributed by atoms with E-state index in [1.807, 2.05) is 0 Å². The Kier molecular flexibility index (Phi) is 4.04. The number of hydrogen-bond donors (Lipinski definition) is 0. The quantitative estimate of drug-likeness (QED) is 0.810. The maximum absolute atomic E-state index is 12.7. The number of ether oxygens (including phenoxy) is 1. The highest BCUT2D eigenvalue weighted by Gasteiger charge is 2.59. The van der Waals surface area contributed by atoms with Gasteiger partial charge in [-0.2, -0.15) is 13.2 Å². The topological polar surface area (TPSA) is 60.2 Å². The van der Waals surface area contributed by atoms with E-state index in [1.165, 1.54) is 4.68 Å². The van der Waals surface area contributed by atoms with Crippen LogP contribution in [0.3, 0.4) is 0 Å². The Morgan fingerprint density at radius 3 is 2.60 bits per heavy atom.